The zero-order valence-electron chi connectivity index (χ0n) is 12.5. The Balaban J connectivity index is 1.63. The van der Waals surface area contributed by atoms with Crippen molar-refractivity contribution < 1.29 is 9.53 Å². The van der Waals surface area contributed by atoms with Crippen LogP contribution in [0, 0.1) is 11.8 Å². The molecule has 3 unspecified atom stereocenters. The van der Waals surface area contributed by atoms with Crippen LogP contribution in [0.2, 0.25) is 0 Å². The summed E-state index contributed by atoms with van der Waals surface area (Å²) in [6.45, 7) is 7.18. The Morgan fingerprint density at radius 1 is 1.47 bits per heavy atom. The van der Waals surface area contributed by atoms with Crippen LogP contribution in [0.4, 0.5) is 4.79 Å². The maximum absolute atomic E-state index is 11.8. The van der Waals surface area contributed by atoms with Gasteiger partial charge in [-0.3, -0.25) is 0 Å². The van der Waals surface area contributed by atoms with Crippen molar-refractivity contribution >= 4 is 6.09 Å². The lowest BCUT2D eigenvalue weighted by Crippen LogP contribution is -2.50. The minimum absolute atomic E-state index is 0.249. The van der Waals surface area contributed by atoms with E-state index in [4.69, 9.17) is 4.74 Å². The zero-order chi connectivity index (χ0) is 14.0. The summed E-state index contributed by atoms with van der Waals surface area (Å²) in [5.74, 6) is 1.60. The molecule has 2 aliphatic carbocycles. The first-order chi connectivity index (χ1) is 8.87. The third-order valence-corrected chi connectivity index (χ3v) is 3.92. The van der Waals surface area contributed by atoms with E-state index in [9.17, 15) is 4.79 Å². The lowest BCUT2D eigenvalue weighted by molar-refractivity contribution is 0.0295. The average Bonchev–Trinajstić information content (AvgIpc) is 2.63. The average molecular weight is 266 g/mol. The van der Waals surface area contributed by atoms with Crippen LogP contribution < -0.4 is 5.32 Å². The molecule has 3 atom stereocenters. The van der Waals surface area contributed by atoms with Crippen LogP contribution in [0.25, 0.3) is 0 Å². The summed E-state index contributed by atoms with van der Waals surface area (Å²) in [6.07, 6.45) is 6.91. The van der Waals surface area contributed by atoms with E-state index < -0.39 is 5.60 Å². The summed E-state index contributed by atoms with van der Waals surface area (Å²) < 4.78 is 5.31. The molecule has 2 aliphatic rings. The van der Waals surface area contributed by atoms with Crippen molar-refractivity contribution in [2.24, 2.45) is 11.8 Å². The van der Waals surface area contributed by atoms with Gasteiger partial charge in [0.1, 0.15) is 5.60 Å². The highest BCUT2D eigenvalue weighted by atomic mass is 16.6. The van der Waals surface area contributed by atoms with Crippen molar-refractivity contribution in [2.45, 2.75) is 45.3 Å². The van der Waals surface area contributed by atoms with E-state index in [1.165, 1.54) is 12.8 Å². The number of carbonyl (C=O) groups excluding carboxylic acids is 1. The van der Waals surface area contributed by atoms with Crippen molar-refractivity contribution in [1.29, 1.82) is 0 Å². The van der Waals surface area contributed by atoms with E-state index in [-0.39, 0.29) is 6.09 Å². The van der Waals surface area contributed by atoms with Crippen LogP contribution in [-0.2, 0) is 4.74 Å². The summed E-state index contributed by atoms with van der Waals surface area (Å²) in [5.41, 5.74) is -0.422. The fourth-order valence-electron chi connectivity index (χ4n) is 2.80. The summed E-state index contributed by atoms with van der Waals surface area (Å²) in [6, 6.07) is 0.607. The second-order valence-corrected chi connectivity index (χ2v) is 6.70. The highest BCUT2D eigenvalue weighted by Gasteiger charge is 2.40. The van der Waals surface area contributed by atoms with Gasteiger partial charge < -0.3 is 15.0 Å². The van der Waals surface area contributed by atoms with E-state index >= 15 is 0 Å². The molecule has 1 saturated carbocycles. The monoisotopic (exact) mass is 266 g/mol. The number of amides is 1. The van der Waals surface area contributed by atoms with Crippen LogP contribution in [0.3, 0.4) is 0 Å². The molecule has 0 spiro atoms. The van der Waals surface area contributed by atoms with E-state index in [1.807, 2.05) is 20.8 Å². The molecule has 4 heteroatoms. The second kappa shape index (κ2) is 5.53. The third-order valence-electron chi connectivity index (χ3n) is 3.92. The first-order valence-corrected chi connectivity index (χ1v) is 7.21. The van der Waals surface area contributed by atoms with Crippen molar-refractivity contribution in [3.63, 3.8) is 0 Å². The van der Waals surface area contributed by atoms with Crippen molar-refractivity contribution in [3.8, 4) is 0 Å². The summed E-state index contributed by atoms with van der Waals surface area (Å²) in [7, 11) is 1.79. The molecule has 4 nitrogen and oxygen atoms in total. The quantitative estimate of drug-likeness (QED) is 0.795. The van der Waals surface area contributed by atoms with Crippen molar-refractivity contribution in [3.05, 3.63) is 12.2 Å². The first kappa shape index (κ1) is 14.4. The van der Waals surface area contributed by atoms with Crippen LogP contribution in [0.5, 0.6) is 0 Å². The fourth-order valence-corrected chi connectivity index (χ4v) is 2.80. The standard InChI is InChI=1S/C15H26N2O2/c1-15(2,3)19-14(18)17(4)9-8-16-13-10-11-6-5-7-12(11)13/h5,7,11-13,16H,6,8-10H2,1-4H3. The van der Waals surface area contributed by atoms with Gasteiger partial charge in [0.05, 0.1) is 0 Å². The van der Waals surface area contributed by atoms with Crippen LogP contribution in [-0.4, -0.2) is 42.8 Å². The van der Waals surface area contributed by atoms with E-state index in [2.05, 4.69) is 17.5 Å². The lowest BCUT2D eigenvalue weighted by atomic mass is 9.71. The molecule has 0 heterocycles. The van der Waals surface area contributed by atoms with Gasteiger partial charge in [0.15, 0.2) is 0 Å². The predicted molar refractivity (Wildman–Crippen MR) is 76.0 cm³/mol. The van der Waals surface area contributed by atoms with Crippen LogP contribution >= 0.6 is 0 Å². The number of carbonyl (C=O) groups is 1. The largest absolute Gasteiger partial charge is 0.444 e. The van der Waals surface area contributed by atoms with E-state index in [0.717, 1.165) is 18.4 Å². The molecule has 108 valence electrons. The second-order valence-electron chi connectivity index (χ2n) is 6.70. The molecule has 1 amide bonds. The number of nitrogens with one attached hydrogen (secondary N) is 1. The topological polar surface area (TPSA) is 41.6 Å². The lowest BCUT2D eigenvalue weighted by Gasteiger charge is -2.41. The number of fused-ring (bicyclic) bond motifs is 1. The summed E-state index contributed by atoms with van der Waals surface area (Å²) in [5, 5.41) is 3.54. The van der Waals surface area contributed by atoms with Gasteiger partial charge in [-0.05, 0) is 45.4 Å². The molecule has 0 aromatic carbocycles. The predicted octanol–water partition coefficient (Wildman–Crippen LogP) is 2.41. The molecule has 2 rings (SSSR count). The number of allylic oxidation sites excluding steroid dienone is 1. The Hall–Kier alpha value is -1.03. The fraction of sp³-hybridized carbons (Fsp3) is 0.800. The highest BCUT2D eigenvalue weighted by molar-refractivity contribution is 5.67. The molecular formula is C15H26N2O2. The van der Waals surface area contributed by atoms with Gasteiger partial charge in [-0.1, -0.05) is 12.2 Å². The minimum Gasteiger partial charge on any atom is -0.444 e. The molecule has 0 saturated heterocycles. The SMILES string of the molecule is CN(CCNC1CC2CC=CC21)C(=O)OC(C)(C)C. The Kier molecular flexibility index (Phi) is 4.19. The maximum atomic E-state index is 11.8. The van der Waals surface area contributed by atoms with Gasteiger partial charge in [0.2, 0.25) is 0 Å². The van der Waals surface area contributed by atoms with Gasteiger partial charge in [0, 0.05) is 26.2 Å². The molecule has 0 bridgehead atoms. The molecule has 1 N–H and O–H groups in total. The minimum atomic E-state index is -0.422. The van der Waals surface area contributed by atoms with Crippen LogP contribution in [0.15, 0.2) is 12.2 Å². The normalized spacial score (nSPS) is 28.7. The van der Waals surface area contributed by atoms with Crippen molar-refractivity contribution in [2.75, 3.05) is 20.1 Å². The third kappa shape index (κ3) is 3.72. The summed E-state index contributed by atoms with van der Waals surface area (Å²) in [4.78, 5) is 13.4. The Morgan fingerprint density at radius 2 is 2.21 bits per heavy atom. The Bertz CT molecular complexity index is 360. The van der Waals surface area contributed by atoms with Gasteiger partial charge in [-0.2, -0.15) is 0 Å². The smallest absolute Gasteiger partial charge is 0.410 e. The van der Waals surface area contributed by atoms with E-state index in [0.29, 0.717) is 12.6 Å². The zero-order valence-corrected chi connectivity index (χ0v) is 12.5. The number of hydrogen-bond acceptors (Lipinski definition) is 3. The molecule has 0 aliphatic heterocycles. The first-order valence-electron chi connectivity index (χ1n) is 7.21. The number of likely N-dealkylation sites (N-methyl/N-ethyl adjacent to an activating group) is 1. The highest BCUT2D eigenvalue weighted by Crippen LogP contribution is 2.42. The molecule has 0 aromatic heterocycles. The number of nitrogens with zero attached hydrogens (tertiary/aromatic N) is 1. The molecule has 0 aromatic rings. The van der Waals surface area contributed by atoms with Gasteiger partial charge in [0.25, 0.3) is 0 Å². The van der Waals surface area contributed by atoms with Crippen LogP contribution in [0.1, 0.15) is 33.6 Å². The molecule has 19 heavy (non-hydrogen) atoms. The molecule has 1 fully saturated rings. The number of ether oxygens (including phenoxy) is 1. The van der Waals surface area contributed by atoms with E-state index in [1.54, 1.807) is 11.9 Å². The summed E-state index contributed by atoms with van der Waals surface area (Å²) >= 11 is 0. The van der Waals surface area contributed by atoms with Gasteiger partial charge in [-0.25, -0.2) is 4.79 Å². The van der Waals surface area contributed by atoms with Gasteiger partial charge >= 0.3 is 6.09 Å². The number of rotatable bonds is 4. The molecule has 0 radical (unpaired) electrons. The Morgan fingerprint density at radius 3 is 2.84 bits per heavy atom. The molecular weight excluding hydrogens is 240 g/mol. The number of hydrogen-bond donors (Lipinski definition) is 1. The Labute approximate surface area is 116 Å². The van der Waals surface area contributed by atoms with Gasteiger partial charge in [-0.15, -0.1) is 0 Å². The maximum Gasteiger partial charge on any atom is 0.410 e. The van der Waals surface area contributed by atoms with Crippen molar-refractivity contribution in [1.82, 2.24) is 10.2 Å².